The molecule has 0 aliphatic carbocycles. The lowest BCUT2D eigenvalue weighted by atomic mass is 10.1. The summed E-state index contributed by atoms with van der Waals surface area (Å²) in [5.74, 6) is -0.0277. The maximum atomic E-state index is 12.0. The fraction of sp³-hybridized carbons (Fsp3) is 0.278. The molecule has 2 N–H and O–H groups in total. The number of carbonyl (C=O) groups is 1. The molecule has 0 saturated heterocycles. The van der Waals surface area contributed by atoms with E-state index >= 15 is 0 Å². The number of hydrogen-bond acceptors (Lipinski definition) is 2. The van der Waals surface area contributed by atoms with Crippen LogP contribution in [0.15, 0.2) is 48.5 Å². The first-order chi connectivity index (χ1) is 10.0. The van der Waals surface area contributed by atoms with Crippen molar-refractivity contribution in [2.24, 2.45) is 0 Å². The summed E-state index contributed by atoms with van der Waals surface area (Å²) >= 11 is 0. The number of aryl methyl sites for hydroxylation is 2. The average Bonchev–Trinajstić information content (AvgIpc) is 2.45. The number of benzene rings is 2. The number of rotatable bonds is 5. The third-order valence-corrected chi connectivity index (χ3v) is 3.41. The van der Waals surface area contributed by atoms with Crippen LogP contribution in [0.25, 0.3) is 0 Å². The summed E-state index contributed by atoms with van der Waals surface area (Å²) in [5, 5.41) is 6.15. The van der Waals surface area contributed by atoms with E-state index in [0.29, 0.717) is 6.54 Å². The Labute approximate surface area is 126 Å². The van der Waals surface area contributed by atoms with E-state index in [-0.39, 0.29) is 11.9 Å². The first kappa shape index (κ1) is 15.3. The van der Waals surface area contributed by atoms with Crippen molar-refractivity contribution < 1.29 is 4.79 Å². The molecule has 0 aliphatic heterocycles. The molecule has 2 rings (SSSR count). The third kappa shape index (κ3) is 4.72. The Balaban J connectivity index is 1.86. The Kier molecular flexibility index (Phi) is 5.12. The Morgan fingerprint density at radius 2 is 1.71 bits per heavy atom. The monoisotopic (exact) mass is 282 g/mol. The van der Waals surface area contributed by atoms with Crippen LogP contribution in [0.3, 0.4) is 0 Å². The maximum absolute atomic E-state index is 12.0. The van der Waals surface area contributed by atoms with E-state index in [1.807, 2.05) is 37.3 Å². The lowest BCUT2D eigenvalue weighted by Crippen LogP contribution is -2.30. The van der Waals surface area contributed by atoms with Crippen LogP contribution in [0.4, 0.5) is 5.69 Å². The fourth-order valence-corrected chi connectivity index (χ4v) is 2.23. The van der Waals surface area contributed by atoms with Crippen molar-refractivity contribution in [3.05, 3.63) is 65.2 Å². The molecule has 1 atom stereocenters. The molecular formula is C18H22N2O. The standard InChI is InChI=1S/C18H22N2O/c1-13-6-4-8-16(10-13)15(3)19-12-18(21)20-17-9-5-7-14(2)11-17/h4-11,15,19H,12H2,1-3H3,(H,20,21)/t15-/m0/s1. The SMILES string of the molecule is Cc1cccc(NC(=O)CN[C@@H](C)c2cccc(C)c2)c1. The van der Waals surface area contributed by atoms with Gasteiger partial charge in [0.05, 0.1) is 6.54 Å². The molecule has 0 spiro atoms. The molecule has 0 unspecified atom stereocenters. The molecule has 1 amide bonds. The summed E-state index contributed by atoms with van der Waals surface area (Å²) in [6.45, 7) is 6.44. The number of nitrogens with one attached hydrogen (secondary N) is 2. The van der Waals surface area contributed by atoms with Crippen LogP contribution in [0.2, 0.25) is 0 Å². The number of carbonyl (C=O) groups excluding carboxylic acids is 1. The highest BCUT2D eigenvalue weighted by Gasteiger charge is 2.08. The predicted octanol–water partition coefficient (Wildman–Crippen LogP) is 3.59. The van der Waals surface area contributed by atoms with Gasteiger partial charge in [0.25, 0.3) is 0 Å². The van der Waals surface area contributed by atoms with E-state index < -0.39 is 0 Å². The van der Waals surface area contributed by atoms with E-state index in [1.165, 1.54) is 11.1 Å². The van der Waals surface area contributed by atoms with Crippen molar-refractivity contribution in [2.75, 3.05) is 11.9 Å². The molecule has 0 radical (unpaired) electrons. The smallest absolute Gasteiger partial charge is 0.238 e. The highest BCUT2D eigenvalue weighted by Crippen LogP contribution is 2.13. The highest BCUT2D eigenvalue weighted by atomic mass is 16.1. The average molecular weight is 282 g/mol. The van der Waals surface area contributed by atoms with E-state index in [2.05, 4.69) is 42.7 Å². The van der Waals surface area contributed by atoms with Gasteiger partial charge in [-0.1, -0.05) is 42.0 Å². The zero-order valence-electron chi connectivity index (χ0n) is 12.8. The molecule has 0 bridgehead atoms. The Bertz CT molecular complexity index is 622. The summed E-state index contributed by atoms with van der Waals surface area (Å²) in [4.78, 5) is 12.0. The van der Waals surface area contributed by atoms with Gasteiger partial charge in [-0.05, 0) is 44.0 Å². The minimum atomic E-state index is -0.0277. The van der Waals surface area contributed by atoms with Crippen LogP contribution < -0.4 is 10.6 Å². The van der Waals surface area contributed by atoms with Crippen molar-refractivity contribution >= 4 is 11.6 Å². The van der Waals surface area contributed by atoms with Gasteiger partial charge in [-0.25, -0.2) is 0 Å². The van der Waals surface area contributed by atoms with Crippen LogP contribution in [0.1, 0.15) is 29.7 Å². The van der Waals surface area contributed by atoms with Gasteiger partial charge >= 0.3 is 0 Å². The zero-order valence-corrected chi connectivity index (χ0v) is 12.8. The van der Waals surface area contributed by atoms with E-state index in [9.17, 15) is 4.79 Å². The molecule has 2 aromatic rings. The van der Waals surface area contributed by atoms with Gasteiger partial charge in [0, 0.05) is 11.7 Å². The zero-order chi connectivity index (χ0) is 15.2. The van der Waals surface area contributed by atoms with Gasteiger partial charge in [-0.2, -0.15) is 0 Å². The molecule has 21 heavy (non-hydrogen) atoms. The largest absolute Gasteiger partial charge is 0.325 e. The Hall–Kier alpha value is -2.13. The summed E-state index contributed by atoms with van der Waals surface area (Å²) < 4.78 is 0. The van der Waals surface area contributed by atoms with Crippen LogP contribution in [0, 0.1) is 13.8 Å². The third-order valence-electron chi connectivity index (χ3n) is 3.41. The molecule has 3 heteroatoms. The van der Waals surface area contributed by atoms with Crippen molar-refractivity contribution in [3.63, 3.8) is 0 Å². The minimum Gasteiger partial charge on any atom is -0.325 e. The Morgan fingerprint density at radius 3 is 2.38 bits per heavy atom. The van der Waals surface area contributed by atoms with Gasteiger partial charge in [-0.3, -0.25) is 4.79 Å². The molecule has 0 aliphatic rings. The summed E-state index contributed by atoms with van der Waals surface area (Å²) in [6.07, 6.45) is 0. The first-order valence-corrected chi connectivity index (χ1v) is 7.21. The maximum Gasteiger partial charge on any atom is 0.238 e. The van der Waals surface area contributed by atoms with Crippen molar-refractivity contribution in [2.45, 2.75) is 26.8 Å². The van der Waals surface area contributed by atoms with E-state index in [4.69, 9.17) is 0 Å². The quantitative estimate of drug-likeness (QED) is 0.880. The fourth-order valence-electron chi connectivity index (χ4n) is 2.23. The second-order valence-corrected chi connectivity index (χ2v) is 5.43. The van der Waals surface area contributed by atoms with Crippen molar-refractivity contribution in [1.82, 2.24) is 5.32 Å². The normalized spacial score (nSPS) is 12.0. The molecule has 0 heterocycles. The molecule has 3 nitrogen and oxygen atoms in total. The minimum absolute atomic E-state index is 0.0277. The van der Waals surface area contributed by atoms with Gasteiger partial charge in [0.1, 0.15) is 0 Å². The van der Waals surface area contributed by atoms with Gasteiger partial charge in [0.2, 0.25) is 5.91 Å². The predicted molar refractivity (Wildman–Crippen MR) is 87.4 cm³/mol. The molecule has 2 aromatic carbocycles. The number of hydrogen-bond donors (Lipinski definition) is 2. The lowest BCUT2D eigenvalue weighted by Gasteiger charge is -2.15. The number of anilines is 1. The molecule has 0 fully saturated rings. The van der Waals surface area contributed by atoms with Crippen molar-refractivity contribution in [3.8, 4) is 0 Å². The van der Waals surface area contributed by atoms with E-state index in [1.54, 1.807) is 0 Å². The van der Waals surface area contributed by atoms with Crippen LogP contribution >= 0.6 is 0 Å². The molecule has 110 valence electrons. The van der Waals surface area contributed by atoms with Crippen LogP contribution in [-0.4, -0.2) is 12.5 Å². The highest BCUT2D eigenvalue weighted by molar-refractivity contribution is 5.92. The van der Waals surface area contributed by atoms with Gasteiger partial charge in [0.15, 0.2) is 0 Å². The van der Waals surface area contributed by atoms with Gasteiger partial charge in [-0.15, -0.1) is 0 Å². The van der Waals surface area contributed by atoms with Gasteiger partial charge < -0.3 is 10.6 Å². The molecule has 0 saturated carbocycles. The number of amides is 1. The summed E-state index contributed by atoms with van der Waals surface area (Å²) in [7, 11) is 0. The molecule has 0 aromatic heterocycles. The Morgan fingerprint density at radius 1 is 1.05 bits per heavy atom. The first-order valence-electron chi connectivity index (χ1n) is 7.21. The summed E-state index contributed by atoms with van der Waals surface area (Å²) in [6, 6.07) is 16.3. The van der Waals surface area contributed by atoms with Crippen LogP contribution in [0.5, 0.6) is 0 Å². The van der Waals surface area contributed by atoms with E-state index in [0.717, 1.165) is 11.3 Å². The second-order valence-electron chi connectivity index (χ2n) is 5.43. The summed E-state index contributed by atoms with van der Waals surface area (Å²) in [5.41, 5.74) is 4.39. The topological polar surface area (TPSA) is 41.1 Å². The van der Waals surface area contributed by atoms with Crippen molar-refractivity contribution in [1.29, 1.82) is 0 Å². The lowest BCUT2D eigenvalue weighted by molar-refractivity contribution is -0.115. The van der Waals surface area contributed by atoms with Crippen LogP contribution in [-0.2, 0) is 4.79 Å². The molecular weight excluding hydrogens is 260 g/mol. The second kappa shape index (κ2) is 7.04.